The fraction of sp³-hybridized carbons (Fsp3) is 0.0625. The number of amides is 1. The van der Waals surface area contributed by atoms with Crippen molar-refractivity contribution in [1.29, 1.82) is 0 Å². The van der Waals surface area contributed by atoms with Gasteiger partial charge in [-0.2, -0.15) is 5.10 Å². The van der Waals surface area contributed by atoms with E-state index in [0.717, 1.165) is 11.3 Å². The maximum Gasteiger partial charge on any atom is 0.298 e. The van der Waals surface area contributed by atoms with Gasteiger partial charge in [-0.3, -0.25) is 9.89 Å². The van der Waals surface area contributed by atoms with E-state index in [0.29, 0.717) is 17.2 Å². The number of H-pyrrole nitrogens is 1. The molecule has 1 amide bonds. The van der Waals surface area contributed by atoms with E-state index in [1.54, 1.807) is 6.07 Å². The smallest absolute Gasteiger partial charge is 0.298 e. The standard InChI is InChI=1S/C16H15ClN4O/c1-2-13(7-8-18)19-16(22)15-10-14(20-21-15)9-11-3-5-12(17)6-4-11/h2-8,10H,1,9,18H2,(H,20,21)/b8-7-,19-13?. The van der Waals surface area contributed by atoms with Gasteiger partial charge < -0.3 is 5.73 Å². The van der Waals surface area contributed by atoms with Gasteiger partial charge in [0.1, 0.15) is 0 Å². The molecular formula is C16H15ClN4O. The molecule has 0 aliphatic carbocycles. The number of nitrogens with two attached hydrogens (primary N) is 1. The van der Waals surface area contributed by atoms with E-state index in [2.05, 4.69) is 21.8 Å². The zero-order valence-corrected chi connectivity index (χ0v) is 12.5. The van der Waals surface area contributed by atoms with Gasteiger partial charge in [0.05, 0.1) is 5.71 Å². The van der Waals surface area contributed by atoms with Crippen molar-refractivity contribution in [3.05, 3.63) is 77.2 Å². The summed E-state index contributed by atoms with van der Waals surface area (Å²) in [5.74, 6) is -0.452. The third-order valence-corrected chi connectivity index (χ3v) is 3.12. The minimum Gasteiger partial charge on any atom is -0.405 e. The Labute approximate surface area is 133 Å². The predicted octanol–water partition coefficient (Wildman–Crippen LogP) is 2.89. The van der Waals surface area contributed by atoms with Crippen molar-refractivity contribution in [2.24, 2.45) is 10.7 Å². The Morgan fingerprint density at radius 3 is 2.77 bits per heavy atom. The van der Waals surface area contributed by atoms with Crippen molar-refractivity contribution in [3.63, 3.8) is 0 Å². The third-order valence-electron chi connectivity index (χ3n) is 2.86. The molecule has 0 saturated heterocycles. The van der Waals surface area contributed by atoms with E-state index >= 15 is 0 Å². The highest BCUT2D eigenvalue weighted by atomic mass is 35.5. The largest absolute Gasteiger partial charge is 0.405 e. The van der Waals surface area contributed by atoms with Crippen LogP contribution in [0.3, 0.4) is 0 Å². The second-order valence-corrected chi connectivity index (χ2v) is 4.92. The second-order valence-electron chi connectivity index (χ2n) is 4.49. The average Bonchev–Trinajstić information content (AvgIpc) is 2.97. The third kappa shape index (κ3) is 4.17. The van der Waals surface area contributed by atoms with Gasteiger partial charge in [0.25, 0.3) is 5.91 Å². The predicted molar refractivity (Wildman–Crippen MR) is 88.1 cm³/mol. The first-order valence-electron chi connectivity index (χ1n) is 6.55. The number of aliphatic imine (C=N–C) groups is 1. The summed E-state index contributed by atoms with van der Waals surface area (Å²) in [5, 5.41) is 7.50. The summed E-state index contributed by atoms with van der Waals surface area (Å²) >= 11 is 5.85. The Balaban J connectivity index is 2.12. The number of carbonyl (C=O) groups is 1. The van der Waals surface area contributed by atoms with Crippen LogP contribution >= 0.6 is 11.6 Å². The van der Waals surface area contributed by atoms with E-state index in [-0.39, 0.29) is 5.69 Å². The molecule has 5 nitrogen and oxygen atoms in total. The molecule has 1 aromatic heterocycles. The Bertz CT molecular complexity index is 729. The van der Waals surface area contributed by atoms with Crippen LogP contribution in [0.2, 0.25) is 5.02 Å². The Kier molecular flexibility index (Phi) is 5.27. The molecule has 6 heteroatoms. The molecule has 0 atom stereocenters. The van der Waals surface area contributed by atoms with E-state index in [4.69, 9.17) is 17.3 Å². The summed E-state index contributed by atoms with van der Waals surface area (Å²) < 4.78 is 0. The molecule has 0 spiro atoms. The first-order valence-corrected chi connectivity index (χ1v) is 6.92. The number of nitrogens with zero attached hydrogens (tertiary/aromatic N) is 2. The van der Waals surface area contributed by atoms with Gasteiger partial charge in [0.2, 0.25) is 0 Å². The van der Waals surface area contributed by atoms with Crippen LogP contribution in [0.4, 0.5) is 0 Å². The first-order chi connectivity index (χ1) is 10.6. The van der Waals surface area contributed by atoms with Gasteiger partial charge in [0.15, 0.2) is 5.69 Å². The quantitative estimate of drug-likeness (QED) is 0.832. The molecule has 0 aliphatic heterocycles. The van der Waals surface area contributed by atoms with E-state index in [1.807, 2.05) is 24.3 Å². The van der Waals surface area contributed by atoms with Gasteiger partial charge in [0, 0.05) is 17.1 Å². The van der Waals surface area contributed by atoms with Crippen molar-refractivity contribution in [3.8, 4) is 0 Å². The highest BCUT2D eigenvalue weighted by Crippen LogP contribution is 2.13. The number of benzene rings is 1. The highest BCUT2D eigenvalue weighted by molar-refractivity contribution is 6.30. The van der Waals surface area contributed by atoms with Crippen molar-refractivity contribution in [2.45, 2.75) is 6.42 Å². The van der Waals surface area contributed by atoms with Gasteiger partial charge in [-0.1, -0.05) is 30.3 Å². The summed E-state index contributed by atoms with van der Waals surface area (Å²) in [6.45, 7) is 3.57. The van der Waals surface area contributed by atoms with Crippen molar-refractivity contribution in [1.82, 2.24) is 10.2 Å². The SMILES string of the molecule is C=CC(/C=C\N)=NC(=O)c1cc(Cc2ccc(Cl)cc2)[nH]n1. The lowest BCUT2D eigenvalue weighted by molar-refractivity contribution is 0.0998. The average molecular weight is 315 g/mol. The van der Waals surface area contributed by atoms with Crippen LogP contribution in [-0.4, -0.2) is 21.8 Å². The summed E-state index contributed by atoms with van der Waals surface area (Å²) in [6, 6.07) is 9.15. The molecule has 0 radical (unpaired) electrons. The van der Waals surface area contributed by atoms with Gasteiger partial charge >= 0.3 is 0 Å². The number of hydrogen-bond donors (Lipinski definition) is 2. The minimum absolute atomic E-state index is 0.244. The van der Waals surface area contributed by atoms with Crippen LogP contribution in [-0.2, 0) is 6.42 Å². The molecule has 22 heavy (non-hydrogen) atoms. The normalized spacial score (nSPS) is 11.8. The summed E-state index contributed by atoms with van der Waals surface area (Å²) in [7, 11) is 0. The molecule has 112 valence electrons. The lowest BCUT2D eigenvalue weighted by atomic mass is 10.1. The van der Waals surface area contributed by atoms with Gasteiger partial charge in [-0.05, 0) is 42.1 Å². The number of nitrogens with one attached hydrogen (secondary N) is 1. The summed E-state index contributed by atoms with van der Waals surface area (Å²) in [5.41, 5.74) is 7.78. The van der Waals surface area contributed by atoms with Crippen molar-refractivity contribution >= 4 is 23.2 Å². The molecule has 0 aliphatic rings. The molecule has 0 saturated carbocycles. The van der Waals surface area contributed by atoms with Gasteiger partial charge in [-0.15, -0.1) is 0 Å². The zero-order valence-electron chi connectivity index (χ0n) is 11.8. The molecular weight excluding hydrogens is 300 g/mol. The first kappa shape index (κ1) is 15.7. The van der Waals surface area contributed by atoms with Crippen molar-refractivity contribution in [2.75, 3.05) is 0 Å². The molecule has 2 aromatic rings. The minimum atomic E-state index is -0.452. The van der Waals surface area contributed by atoms with E-state index < -0.39 is 5.91 Å². The van der Waals surface area contributed by atoms with Crippen LogP contribution < -0.4 is 5.73 Å². The highest BCUT2D eigenvalue weighted by Gasteiger charge is 2.10. The number of halogens is 1. The van der Waals surface area contributed by atoms with Crippen LogP contribution in [0.25, 0.3) is 0 Å². The molecule has 1 heterocycles. The Morgan fingerprint density at radius 2 is 2.14 bits per heavy atom. The Morgan fingerprint density at radius 1 is 1.41 bits per heavy atom. The number of hydrogen-bond acceptors (Lipinski definition) is 3. The van der Waals surface area contributed by atoms with Crippen molar-refractivity contribution < 1.29 is 4.79 Å². The number of carbonyl (C=O) groups excluding carboxylic acids is 1. The molecule has 3 N–H and O–H groups in total. The monoisotopic (exact) mass is 314 g/mol. The second kappa shape index (κ2) is 7.38. The van der Waals surface area contributed by atoms with Gasteiger partial charge in [-0.25, -0.2) is 4.99 Å². The molecule has 2 rings (SSSR count). The van der Waals surface area contributed by atoms with Crippen LogP contribution in [0.15, 0.2) is 60.3 Å². The number of rotatable bonds is 5. The number of aromatic nitrogens is 2. The van der Waals surface area contributed by atoms with Crippen LogP contribution in [0, 0.1) is 0 Å². The Hall–Kier alpha value is -2.66. The molecule has 0 fully saturated rings. The number of aromatic amines is 1. The molecule has 0 unspecified atom stereocenters. The van der Waals surface area contributed by atoms with E-state index in [1.165, 1.54) is 18.4 Å². The fourth-order valence-electron chi connectivity index (χ4n) is 1.81. The van der Waals surface area contributed by atoms with Crippen LogP contribution in [0.1, 0.15) is 21.7 Å². The van der Waals surface area contributed by atoms with E-state index in [9.17, 15) is 4.79 Å². The fourth-order valence-corrected chi connectivity index (χ4v) is 1.93. The molecule has 0 bridgehead atoms. The van der Waals surface area contributed by atoms with Crippen LogP contribution in [0.5, 0.6) is 0 Å². The molecule has 1 aromatic carbocycles. The zero-order chi connectivity index (χ0) is 15.9. The maximum atomic E-state index is 12.0. The maximum absolute atomic E-state index is 12.0. The summed E-state index contributed by atoms with van der Waals surface area (Å²) in [4.78, 5) is 15.9. The lowest BCUT2D eigenvalue weighted by Gasteiger charge is -1.98. The summed E-state index contributed by atoms with van der Waals surface area (Å²) in [6.07, 6.45) is 4.86. The lowest BCUT2D eigenvalue weighted by Crippen LogP contribution is -2.00. The topological polar surface area (TPSA) is 84.1 Å². The number of allylic oxidation sites excluding steroid dienone is 2.